The molecule has 0 aromatic rings. The molecule has 0 bridgehead atoms. The highest BCUT2D eigenvalue weighted by Crippen LogP contribution is 2.37. The van der Waals surface area contributed by atoms with E-state index in [1.807, 2.05) is 0 Å². The third-order valence-electron chi connectivity index (χ3n) is 3.68. The maximum absolute atomic E-state index is 11.1. The number of hydrogen-bond acceptors (Lipinski definition) is 3. The van der Waals surface area contributed by atoms with Gasteiger partial charge >= 0.3 is 0 Å². The average molecular weight is 235 g/mol. The van der Waals surface area contributed by atoms with E-state index in [0.717, 1.165) is 25.4 Å². The lowest BCUT2D eigenvalue weighted by Crippen LogP contribution is -2.50. The monoisotopic (exact) mass is 235 g/mol. The maximum atomic E-state index is 11.1. The van der Waals surface area contributed by atoms with E-state index >= 15 is 0 Å². The van der Waals surface area contributed by atoms with Gasteiger partial charge in [0.25, 0.3) is 0 Å². The molecule has 1 aliphatic carbocycles. The Morgan fingerprint density at radius 3 is 2.76 bits per heavy atom. The van der Waals surface area contributed by atoms with Gasteiger partial charge in [-0.2, -0.15) is 5.26 Å². The van der Waals surface area contributed by atoms with Gasteiger partial charge in [0.05, 0.1) is 12.6 Å². The smallest absolute Gasteiger partial charge is 0.217 e. The lowest BCUT2D eigenvalue weighted by atomic mass is 9.89. The van der Waals surface area contributed by atoms with E-state index in [1.54, 1.807) is 6.92 Å². The quantitative estimate of drug-likeness (QED) is 0.743. The van der Waals surface area contributed by atoms with Gasteiger partial charge in [-0.15, -0.1) is 0 Å². The van der Waals surface area contributed by atoms with Gasteiger partial charge in [-0.3, -0.25) is 9.69 Å². The zero-order valence-corrected chi connectivity index (χ0v) is 10.5. The van der Waals surface area contributed by atoms with Crippen LogP contribution in [-0.4, -0.2) is 36.5 Å². The summed E-state index contributed by atoms with van der Waals surface area (Å²) in [5.74, 6) is 1.61. The molecule has 1 saturated heterocycles. The van der Waals surface area contributed by atoms with Crippen LogP contribution in [0.15, 0.2) is 0 Å². The summed E-state index contributed by atoms with van der Waals surface area (Å²) in [7, 11) is 0. The Kier molecular flexibility index (Phi) is 4.01. The van der Waals surface area contributed by atoms with Crippen molar-refractivity contribution in [1.82, 2.24) is 10.2 Å². The lowest BCUT2D eigenvalue weighted by Gasteiger charge is -2.37. The fourth-order valence-corrected chi connectivity index (χ4v) is 2.92. The summed E-state index contributed by atoms with van der Waals surface area (Å²) in [6, 6.07) is 2.45. The van der Waals surface area contributed by atoms with Crippen LogP contribution in [0.1, 0.15) is 32.6 Å². The van der Waals surface area contributed by atoms with Crippen LogP contribution in [0.4, 0.5) is 0 Å². The zero-order valence-electron chi connectivity index (χ0n) is 10.5. The summed E-state index contributed by atoms with van der Waals surface area (Å²) in [4.78, 5) is 13.3. The molecule has 94 valence electrons. The molecule has 1 aliphatic heterocycles. The highest BCUT2D eigenvalue weighted by molar-refractivity contribution is 5.73. The molecular formula is C13H21N3O. The average Bonchev–Trinajstić information content (AvgIpc) is 3.00. The number of nitrogens with one attached hydrogen (secondary N) is 1. The first kappa shape index (κ1) is 12.4. The Labute approximate surface area is 103 Å². The normalized spacial score (nSPS) is 29.6. The highest BCUT2D eigenvalue weighted by atomic mass is 16.1. The van der Waals surface area contributed by atoms with Crippen LogP contribution in [0.25, 0.3) is 0 Å². The third-order valence-corrected chi connectivity index (χ3v) is 3.68. The van der Waals surface area contributed by atoms with Crippen molar-refractivity contribution in [1.29, 1.82) is 5.26 Å². The molecule has 1 N–H and O–H groups in total. The number of nitriles is 1. The molecule has 1 saturated carbocycles. The number of rotatable bonds is 4. The second-order valence-electron chi connectivity index (χ2n) is 5.53. The highest BCUT2D eigenvalue weighted by Gasteiger charge is 2.32. The standard InChI is InChI=1S/C13H21N3O/c1-10(17)15-13-7-12(6-11-2-3-11)8-16(9-13)5-4-14/h11-13H,2-3,5-9H2,1H3,(H,15,17). The Balaban J connectivity index is 1.88. The minimum absolute atomic E-state index is 0.0407. The number of piperidine rings is 1. The van der Waals surface area contributed by atoms with E-state index in [-0.39, 0.29) is 11.9 Å². The molecule has 4 nitrogen and oxygen atoms in total. The van der Waals surface area contributed by atoms with Crippen LogP contribution in [-0.2, 0) is 4.79 Å². The summed E-state index contributed by atoms with van der Waals surface area (Å²) >= 11 is 0. The number of likely N-dealkylation sites (tertiary alicyclic amines) is 1. The lowest BCUT2D eigenvalue weighted by molar-refractivity contribution is -0.120. The summed E-state index contributed by atoms with van der Waals surface area (Å²) in [6.07, 6.45) is 5.11. The molecular weight excluding hydrogens is 214 g/mol. The Morgan fingerprint density at radius 1 is 1.41 bits per heavy atom. The predicted octanol–water partition coefficient (Wildman–Crippen LogP) is 1.14. The van der Waals surface area contributed by atoms with E-state index in [4.69, 9.17) is 5.26 Å². The molecule has 17 heavy (non-hydrogen) atoms. The second-order valence-corrected chi connectivity index (χ2v) is 5.53. The minimum atomic E-state index is 0.0407. The van der Waals surface area contributed by atoms with Crippen molar-refractivity contribution in [2.24, 2.45) is 11.8 Å². The third kappa shape index (κ3) is 4.01. The molecule has 1 amide bonds. The van der Waals surface area contributed by atoms with Gasteiger partial charge in [0.2, 0.25) is 5.91 Å². The predicted molar refractivity (Wildman–Crippen MR) is 65.1 cm³/mol. The summed E-state index contributed by atoms with van der Waals surface area (Å²) < 4.78 is 0. The van der Waals surface area contributed by atoms with Crippen molar-refractivity contribution in [3.05, 3.63) is 0 Å². The van der Waals surface area contributed by atoms with Crippen LogP contribution in [0.3, 0.4) is 0 Å². The van der Waals surface area contributed by atoms with E-state index in [9.17, 15) is 4.79 Å². The number of amides is 1. The fraction of sp³-hybridized carbons (Fsp3) is 0.846. The number of nitrogens with zero attached hydrogens (tertiary/aromatic N) is 2. The molecule has 0 aromatic carbocycles. The van der Waals surface area contributed by atoms with Gasteiger partial charge in [-0.25, -0.2) is 0 Å². The van der Waals surface area contributed by atoms with Crippen molar-refractivity contribution in [2.75, 3.05) is 19.6 Å². The Morgan fingerprint density at radius 2 is 2.18 bits per heavy atom. The van der Waals surface area contributed by atoms with Crippen molar-refractivity contribution in [2.45, 2.75) is 38.6 Å². The van der Waals surface area contributed by atoms with Crippen LogP contribution in [0.5, 0.6) is 0 Å². The maximum Gasteiger partial charge on any atom is 0.217 e. The van der Waals surface area contributed by atoms with Crippen LogP contribution in [0.2, 0.25) is 0 Å². The first-order valence-corrected chi connectivity index (χ1v) is 6.53. The van der Waals surface area contributed by atoms with E-state index in [1.165, 1.54) is 19.3 Å². The van der Waals surface area contributed by atoms with Crippen LogP contribution >= 0.6 is 0 Å². The van der Waals surface area contributed by atoms with Gasteiger partial charge in [0, 0.05) is 26.1 Å². The van der Waals surface area contributed by atoms with Crippen molar-refractivity contribution in [3.8, 4) is 6.07 Å². The first-order chi connectivity index (χ1) is 8.17. The summed E-state index contributed by atoms with van der Waals surface area (Å²) in [6.45, 7) is 3.91. The van der Waals surface area contributed by atoms with Crippen LogP contribution in [0, 0.1) is 23.2 Å². The molecule has 2 rings (SSSR count). The van der Waals surface area contributed by atoms with Gasteiger partial charge in [0.15, 0.2) is 0 Å². The molecule has 4 heteroatoms. The van der Waals surface area contributed by atoms with Crippen molar-refractivity contribution >= 4 is 5.91 Å². The molecule has 2 atom stereocenters. The van der Waals surface area contributed by atoms with Gasteiger partial charge in [-0.05, 0) is 24.7 Å². The fourth-order valence-electron chi connectivity index (χ4n) is 2.92. The molecule has 2 fully saturated rings. The first-order valence-electron chi connectivity index (χ1n) is 6.53. The van der Waals surface area contributed by atoms with Gasteiger partial charge in [0.1, 0.15) is 0 Å². The Bertz CT molecular complexity index is 319. The van der Waals surface area contributed by atoms with Crippen molar-refractivity contribution in [3.63, 3.8) is 0 Å². The summed E-state index contributed by atoms with van der Waals surface area (Å²) in [5, 5.41) is 11.8. The van der Waals surface area contributed by atoms with Gasteiger partial charge in [-0.1, -0.05) is 12.8 Å². The topological polar surface area (TPSA) is 56.1 Å². The molecule has 2 unspecified atom stereocenters. The molecule has 0 aromatic heterocycles. The summed E-state index contributed by atoms with van der Waals surface area (Å²) in [5.41, 5.74) is 0. The zero-order chi connectivity index (χ0) is 12.3. The van der Waals surface area contributed by atoms with Crippen molar-refractivity contribution < 1.29 is 4.79 Å². The van der Waals surface area contributed by atoms with E-state index in [2.05, 4.69) is 16.3 Å². The van der Waals surface area contributed by atoms with Crippen LogP contribution < -0.4 is 5.32 Å². The number of carbonyl (C=O) groups is 1. The molecule has 2 aliphatic rings. The number of carbonyl (C=O) groups excluding carboxylic acids is 1. The van der Waals surface area contributed by atoms with E-state index < -0.39 is 0 Å². The van der Waals surface area contributed by atoms with E-state index in [0.29, 0.717) is 12.5 Å². The molecule has 0 spiro atoms. The SMILES string of the molecule is CC(=O)NC1CC(CC2CC2)CN(CC#N)C1. The Hall–Kier alpha value is -1.08. The number of hydrogen-bond donors (Lipinski definition) is 1. The molecule has 1 heterocycles. The molecule has 0 radical (unpaired) electrons. The van der Waals surface area contributed by atoms with Gasteiger partial charge < -0.3 is 5.32 Å². The second kappa shape index (κ2) is 5.50. The largest absolute Gasteiger partial charge is 0.352 e. The minimum Gasteiger partial charge on any atom is -0.352 e.